The summed E-state index contributed by atoms with van der Waals surface area (Å²) in [5.74, 6) is -0.181. The number of amides is 2. The maximum absolute atomic E-state index is 13.0. The Bertz CT molecular complexity index is 796. The first-order valence-electron chi connectivity index (χ1n) is 9.13. The maximum atomic E-state index is 13.0. The molecule has 1 unspecified atom stereocenters. The van der Waals surface area contributed by atoms with E-state index in [-0.39, 0.29) is 36.8 Å². The van der Waals surface area contributed by atoms with Gasteiger partial charge in [0.05, 0.1) is 31.9 Å². The highest BCUT2D eigenvalue weighted by molar-refractivity contribution is 5.94. The van der Waals surface area contributed by atoms with Crippen LogP contribution in [-0.2, 0) is 9.59 Å². The SMILES string of the molecule is CCN(CC(=O)Nc1ccccc1OC)CC(=O)NC(C)c1ccc(F)cc1. The molecule has 2 aromatic carbocycles. The van der Waals surface area contributed by atoms with E-state index in [1.807, 2.05) is 19.9 Å². The highest BCUT2D eigenvalue weighted by Gasteiger charge is 2.16. The Balaban J connectivity index is 1.87. The van der Waals surface area contributed by atoms with Crippen LogP contribution in [0.25, 0.3) is 0 Å². The van der Waals surface area contributed by atoms with E-state index in [2.05, 4.69) is 10.6 Å². The zero-order valence-corrected chi connectivity index (χ0v) is 16.4. The lowest BCUT2D eigenvalue weighted by atomic mass is 10.1. The summed E-state index contributed by atoms with van der Waals surface area (Å²) in [7, 11) is 1.54. The van der Waals surface area contributed by atoms with Crippen molar-refractivity contribution in [2.24, 2.45) is 0 Å². The number of rotatable bonds is 9. The summed E-state index contributed by atoms with van der Waals surface area (Å²) >= 11 is 0. The minimum atomic E-state index is -0.319. The molecule has 0 saturated heterocycles. The lowest BCUT2D eigenvalue weighted by Crippen LogP contribution is -2.41. The van der Waals surface area contributed by atoms with Gasteiger partial charge in [-0.2, -0.15) is 0 Å². The molecule has 0 heterocycles. The second kappa shape index (κ2) is 10.4. The number of likely N-dealkylation sites (N-methyl/N-ethyl adjacent to an activating group) is 1. The first-order chi connectivity index (χ1) is 13.4. The van der Waals surface area contributed by atoms with Crippen molar-refractivity contribution in [2.75, 3.05) is 32.1 Å². The Morgan fingerprint density at radius 3 is 2.36 bits per heavy atom. The Morgan fingerprint density at radius 1 is 1.07 bits per heavy atom. The van der Waals surface area contributed by atoms with E-state index in [9.17, 15) is 14.0 Å². The van der Waals surface area contributed by atoms with Gasteiger partial charge in [0.25, 0.3) is 0 Å². The molecule has 1 atom stereocenters. The third kappa shape index (κ3) is 6.35. The minimum Gasteiger partial charge on any atom is -0.495 e. The molecular weight excluding hydrogens is 361 g/mol. The van der Waals surface area contributed by atoms with Crippen LogP contribution in [0.4, 0.5) is 10.1 Å². The van der Waals surface area contributed by atoms with Gasteiger partial charge in [-0.1, -0.05) is 31.2 Å². The number of carbonyl (C=O) groups excluding carboxylic acids is 2. The van der Waals surface area contributed by atoms with Gasteiger partial charge in [0.2, 0.25) is 11.8 Å². The molecule has 150 valence electrons. The molecular formula is C21H26FN3O3. The molecule has 7 heteroatoms. The van der Waals surface area contributed by atoms with Crippen molar-refractivity contribution in [3.8, 4) is 5.75 Å². The van der Waals surface area contributed by atoms with Crippen molar-refractivity contribution >= 4 is 17.5 Å². The van der Waals surface area contributed by atoms with E-state index in [1.54, 1.807) is 35.2 Å². The van der Waals surface area contributed by atoms with Gasteiger partial charge in [-0.25, -0.2) is 4.39 Å². The minimum absolute atomic E-state index is 0.0763. The van der Waals surface area contributed by atoms with Crippen LogP contribution < -0.4 is 15.4 Å². The third-order valence-corrected chi connectivity index (χ3v) is 4.31. The van der Waals surface area contributed by atoms with E-state index < -0.39 is 0 Å². The van der Waals surface area contributed by atoms with Crippen LogP contribution >= 0.6 is 0 Å². The molecule has 0 fully saturated rings. The fraction of sp³-hybridized carbons (Fsp3) is 0.333. The maximum Gasteiger partial charge on any atom is 0.238 e. The van der Waals surface area contributed by atoms with Crippen LogP contribution in [0, 0.1) is 5.82 Å². The van der Waals surface area contributed by atoms with Crippen molar-refractivity contribution in [1.29, 1.82) is 0 Å². The van der Waals surface area contributed by atoms with Gasteiger partial charge in [0.1, 0.15) is 11.6 Å². The van der Waals surface area contributed by atoms with Gasteiger partial charge in [-0.3, -0.25) is 14.5 Å². The van der Waals surface area contributed by atoms with Gasteiger partial charge in [0, 0.05) is 0 Å². The predicted octanol–water partition coefficient (Wildman–Crippen LogP) is 2.97. The van der Waals surface area contributed by atoms with Crippen molar-refractivity contribution < 1.29 is 18.7 Å². The Kier molecular flexibility index (Phi) is 7.95. The molecule has 2 N–H and O–H groups in total. The number of anilines is 1. The Morgan fingerprint density at radius 2 is 1.71 bits per heavy atom. The number of hydrogen-bond acceptors (Lipinski definition) is 4. The van der Waals surface area contributed by atoms with E-state index in [0.29, 0.717) is 18.0 Å². The highest BCUT2D eigenvalue weighted by Crippen LogP contribution is 2.22. The normalized spacial score (nSPS) is 11.8. The molecule has 0 aliphatic rings. The molecule has 0 spiro atoms. The first-order valence-corrected chi connectivity index (χ1v) is 9.13. The number of nitrogens with one attached hydrogen (secondary N) is 2. The van der Waals surface area contributed by atoms with Gasteiger partial charge in [-0.15, -0.1) is 0 Å². The number of methoxy groups -OCH3 is 1. The van der Waals surface area contributed by atoms with Crippen LogP contribution in [0.1, 0.15) is 25.5 Å². The average Bonchev–Trinajstić information content (AvgIpc) is 2.68. The largest absolute Gasteiger partial charge is 0.495 e. The standard InChI is InChI=1S/C21H26FN3O3/c1-4-25(14-21(27)24-18-7-5-6-8-19(18)28-3)13-20(26)23-15(2)16-9-11-17(22)12-10-16/h5-12,15H,4,13-14H2,1-3H3,(H,23,26)(H,24,27). The van der Waals surface area contributed by atoms with E-state index >= 15 is 0 Å². The topological polar surface area (TPSA) is 70.7 Å². The van der Waals surface area contributed by atoms with Gasteiger partial charge in [0.15, 0.2) is 0 Å². The second-order valence-electron chi connectivity index (χ2n) is 6.39. The zero-order chi connectivity index (χ0) is 20.5. The number of benzene rings is 2. The summed E-state index contributed by atoms with van der Waals surface area (Å²) in [6.07, 6.45) is 0. The molecule has 0 saturated carbocycles. The molecule has 0 aliphatic carbocycles. The monoisotopic (exact) mass is 387 g/mol. The number of halogens is 1. The molecule has 28 heavy (non-hydrogen) atoms. The number of nitrogens with zero attached hydrogens (tertiary/aromatic N) is 1. The summed E-state index contributed by atoms with van der Waals surface area (Å²) in [5.41, 5.74) is 1.40. The van der Waals surface area contributed by atoms with Crippen LogP contribution in [0.15, 0.2) is 48.5 Å². The van der Waals surface area contributed by atoms with E-state index in [4.69, 9.17) is 4.74 Å². The third-order valence-electron chi connectivity index (χ3n) is 4.31. The molecule has 2 aromatic rings. The van der Waals surface area contributed by atoms with E-state index in [0.717, 1.165) is 5.56 Å². The quantitative estimate of drug-likeness (QED) is 0.694. The van der Waals surface area contributed by atoms with Crippen LogP contribution in [-0.4, -0.2) is 43.5 Å². The van der Waals surface area contributed by atoms with Gasteiger partial charge >= 0.3 is 0 Å². The van der Waals surface area contributed by atoms with Gasteiger partial charge in [-0.05, 0) is 43.3 Å². The number of para-hydroxylation sites is 2. The van der Waals surface area contributed by atoms with Crippen LogP contribution in [0.5, 0.6) is 5.75 Å². The van der Waals surface area contributed by atoms with E-state index in [1.165, 1.54) is 19.2 Å². The Labute approximate surface area is 164 Å². The smallest absolute Gasteiger partial charge is 0.238 e. The molecule has 0 bridgehead atoms. The Hall–Kier alpha value is -2.93. The average molecular weight is 387 g/mol. The fourth-order valence-corrected chi connectivity index (χ4v) is 2.75. The number of hydrogen-bond donors (Lipinski definition) is 2. The summed E-state index contributed by atoms with van der Waals surface area (Å²) in [4.78, 5) is 26.4. The number of ether oxygens (including phenoxy) is 1. The lowest BCUT2D eigenvalue weighted by Gasteiger charge is -2.21. The van der Waals surface area contributed by atoms with Crippen molar-refractivity contribution in [2.45, 2.75) is 19.9 Å². The highest BCUT2D eigenvalue weighted by atomic mass is 19.1. The molecule has 0 radical (unpaired) electrons. The first kappa shape index (κ1) is 21.4. The van der Waals surface area contributed by atoms with Crippen molar-refractivity contribution in [3.05, 3.63) is 59.9 Å². The second-order valence-corrected chi connectivity index (χ2v) is 6.39. The molecule has 2 amide bonds. The summed E-state index contributed by atoms with van der Waals surface area (Å²) in [5, 5.41) is 5.67. The molecule has 2 rings (SSSR count). The summed E-state index contributed by atoms with van der Waals surface area (Å²) in [6, 6.07) is 12.9. The van der Waals surface area contributed by atoms with Crippen molar-refractivity contribution in [1.82, 2.24) is 10.2 Å². The van der Waals surface area contributed by atoms with Gasteiger partial charge < -0.3 is 15.4 Å². The summed E-state index contributed by atoms with van der Waals surface area (Å²) in [6.45, 7) is 4.41. The molecule has 0 aliphatic heterocycles. The van der Waals surface area contributed by atoms with Crippen molar-refractivity contribution in [3.63, 3.8) is 0 Å². The lowest BCUT2D eigenvalue weighted by molar-refractivity contribution is -0.123. The van der Waals surface area contributed by atoms with Crippen LogP contribution in [0.2, 0.25) is 0 Å². The summed E-state index contributed by atoms with van der Waals surface area (Å²) < 4.78 is 18.2. The van der Waals surface area contributed by atoms with Crippen LogP contribution in [0.3, 0.4) is 0 Å². The number of carbonyl (C=O) groups is 2. The predicted molar refractivity (Wildman–Crippen MR) is 107 cm³/mol. The zero-order valence-electron chi connectivity index (χ0n) is 16.4. The molecule has 6 nitrogen and oxygen atoms in total. The fourth-order valence-electron chi connectivity index (χ4n) is 2.75. The molecule has 0 aromatic heterocycles.